The molecule has 2 aromatic rings. The van der Waals surface area contributed by atoms with Crippen molar-refractivity contribution in [2.24, 2.45) is 14.1 Å². The Labute approximate surface area is 113 Å². The summed E-state index contributed by atoms with van der Waals surface area (Å²) in [6.45, 7) is 1.86. The first kappa shape index (κ1) is 13.8. The molecule has 0 spiro atoms. The summed E-state index contributed by atoms with van der Waals surface area (Å²) in [6, 6.07) is 1.33. The molecule has 0 saturated heterocycles. The van der Waals surface area contributed by atoms with E-state index in [0.29, 0.717) is 0 Å². The standard InChI is InChI=1S/C12H14N4O4/c1-4-20-11(18)6-5-7-9(14-8(6)13)15(2)12(19)16(3)10(7)17/h5H,4H2,1-3H3,(H2,13,14)/p+1. The molecule has 0 atom stereocenters. The summed E-state index contributed by atoms with van der Waals surface area (Å²) in [6.07, 6.45) is 0. The number of hydrogen-bond acceptors (Lipinski definition) is 5. The number of aryl methyl sites for hydroxylation is 1. The van der Waals surface area contributed by atoms with Gasteiger partial charge < -0.3 is 10.5 Å². The molecule has 0 unspecified atom stereocenters. The smallest absolute Gasteiger partial charge is 0.388 e. The Morgan fingerprint density at radius 1 is 1.35 bits per heavy atom. The second-order valence-corrected chi connectivity index (χ2v) is 4.29. The fourth-order valence-corrected chi connectivity index (χ4v) is 1.95. The molecule has 106 valence electrons. The number of aromatic nitrogens is 3. The number of aromatic amines is 1. The van der Waals surface area contributed by atoms with E-state index < -0.39 is 17.2 Å². The lowest BCUT2D eigenvalue weighted by molar-refractivity contribution is -0.332. The second kappa shape index (κ2) is 4.80. The highest BCUT2D eigenvalue weighted by molar-refractivity contribution is 5.96. The van der Waals surface area contributed by atoms with E-state index in [-0.39, 0.29) is 29.0 Å². The second-order valence-electron chi connectivity index (χ2n) is 4.29. The van der Waals surface area contributed by atoms with Crippen LogP contribution in [0.15, 0.2) is 15.7 Å². The summed E-state index contributed by atoms with van der Waals surface area (Å²) < 4.78 is 7.08. The van der Waals surface area contributed by atoms with E-state index in [1.54, 1.807) is 6.92 Å². The van der Waals surface area contributed by atoms with Crippen LogP contribution in [0, 0.1) is 0 Å². The third kappa shape index (κ3) is 1.94. The predicted molar refractivity (Wildman–Crippen MR) is 71.4 cm³/mol. The van der Waals surface area contributed by atoms with Gasteiger partial charge in [-0.3, -0.25) is 4.79 Å². The van der Waals surface area contributed by atoms with Crippen LogP contribution in [0.5, 0.6) is 0 Å². The number of carbonyl (C=O) groups excluding carboxylic acids is 1. The van der Waals surface area contributed by atoms with Gasteiger partial charge in [0.1, 0.15) is 10.9 Å². The third-order valence-corrected chi connectivity index (χ3v) is 3.03. The van der Waals surface area contributed by atoms with Gasteiger partial charge in [0.15, 0.2) is 0 Å². The Balaban J connectivity index is 2.87. The molecule has 0 amide bonds. The molecule has 3 N–H and O–H groups in total. The SMILES string of the molecule is CCOC(=O)c1cc2c(=O)n(C)c(=O)n(C)c2[nH+]c1N. The van der Waals surface area contributed by atoms with Crippen LogP contribution in [-0.4, -0.2) is 21.7 Å². The van der Waals surface area contributed by atoms with Gasteiger partial charge in [0.2, 0.25) is 11.5 Å². The van der Waals surface area contributed by atoms with Crippen molar-refractivity contribution in [1.82, 2.24) is 9.13 Å². The number of H-pyrrole nitrogens is 1. The van der Waals surface area contributed by atoms with Crippen molar-refractivity contribution in [2.45, 2.75) is 6.92 Å². The minimum atomic E-state index is -0.626. The number of nitrogens with two attached hydrogens (primary N) is 1. The molecule has 0 aliphatic carbocycles. The van der Waals surface area contributed by atoms with Gasteiger partial charge in [0.05, 0.1) is 13.7 Å². The number of rotatable bonds is 2. The van der Waals surface area contributed by atoms with Crippen molar-refractivity contribution in [2.75, 3.05) is 12.3 Å². The first-order valence-corrected chi connectivity index (χ1v) is 5.97. The highest BCUT2D eigenvalue weighted by Gasteiger charge is 2.21. The number of carbonyl (C=O) groups is 1. The molecule has 2 rings (SSSR count). The van der Waals surface area contributed by atoms with Gasteiger partial charge in [0.25, 0.3) is 5.56 Å². The topological polar surface area (TPSA) is 110 Å². The van der Waals surface area contributed by atoms with Crippen LogP contribution in [-0.2, 0) is 18.8 Å². The Hall–Kier alpha value is -2.64. The summed E-state index contributed by atoms with van der Waals surface area (Å²) in [5.41, 5.74) is 5.07. The van der Waals surface area contributed by atoms with Crippen molar-refractivity contribution >= 4 is 22.8 Å². The minimum Gasteiger partial charge on any atom is -0.462 e. The number of nitrogen functional groups attached to an aromatic ring is 1. The zero-order chi connectivity index (χ0) is 15.0. The maximum atomic E-state index is 12.1. The zero-order valence-electron chi connectivity index (χ0n) is 11.4. The first-order chi connectivity index (χ1) is 9.38. The van der Waals surface area contributed by atoms with Gasteiger partial charge in [-0.05, 0) is 13.0 Å². The summed E-state index contributed by atoms with van der Waals surface area (Å²) in [5.74, 6) is -0.585. The van der Waals surface area contributed by atoms with Crippen molar-refractivity contribution in [3.63, 3.8) is 0 Å². The van der Waals surface area contributed by atoms with E-state index in [9.17, 15) is 14.4 Å². The fourth-order valence-electron chi connectivity index (χ4n) is 1.95. The van der Waals surface area contributed by atoms with Crippen LogP contribution in [0.2, 0.25) is 0 Å². The van der Waals surface area contributed by atoms with Gasteiger partial charge in [0, 0.05) is 7.05 Å². The lowest BCUT2D eigenvalue weighted by Crippen LogP contribution is -2.40. The molecule has 8 heteroatoms. The highest BCUT2D eigenvalue weighted by atomic mass is 16.5. The maximum absolute atomic E-state index is 12.1. The fraction of sp³-hybridized carbons (Fsp3) is 0.333. The van der Waals surface area contributed by atoms with Crippen LogP contribution in [0.25, 0.3) is 11.0 Å². The molecule has 0 radical (unpaired) electrons. The Bertz CT molecular complexity index is 819. The average molecular weight is 279 g/mol. The molecule has 0 bridgehead atoms. The monoisotopic (exact) mass is 279 g/mol. The summed E-state index contributed by atoms with van der Waals surface area (Å²) in [4.78, 5) is 38.4. The van der Waals surface area contributed by atoms with E-state index >= 15 is 0 Å². The van der Waals surface area contributed by atoms with Gasteiger partial charge in [-0.1, -0.05) is 0 Å². The number of anilines is 1. The molecular formula is C12H15N4O4+. The zero-order valence-corrected chi connectivity index (χ0v) is 11.4. The molecule has 0 saturated carbocycles. The number of pyridine rings is 1. The van der Waals surface area contributed by atoms with E-state index in [1.807, 2.05) is 0 Å². The third-order valence-electron chi connectivity index (χ3n) is 3.03. The predicted octanol–water partition coefficient (Wildman–Crippen LogP) is -1.19. The molecule has 0 aromatic carbocycles. The van der Waals surface area contributed by atoms with Gasteiger partial charge in [-0.25, -0.2) is 23.7 Å². The van der Waals surface area contributed by atoms with Crippen molar-refractivity contribution in [3.05, 3.63) is 32.5 Å². The molecule has 0 aliphatic rings. The summed E-state index contributed by atoms with van der Waals surface area (Å²) >= 11 is 0. The van der Waals surface area contributed by atoms with Crippen LogP contribution >= 0.6 is 0 Å². The largest absolute Gasteiger partial charge is 0.462 e. The van der Waals surface area contributed by atoms with Crippen molar-refractivity contribution < 1.29 is 14.5 Å². The minimum absolute atomic E-state index is 0.0409. The molecule has 20 heavy (non-hydrogen) atoms. The number of ether oxygens (including phenoxy) is 1. The van der Waals surface area contributed by atoms with Crippen molar-refractivity contribution in [1.29, 1.82) is 0 Å². The number of esters is 1. The maximum Gasteiger partial charge on any atom is 0.388 e. The number of nitrogens with zero attached hydrogens (tertiary/aromatic N) is 2. The molecule has 0 fully saturated rings. The number of nitrogens with one attached hydrogen (secondary N) is 1. The Morgan fingerprint density at radius 2 is 2.00 bits per heavy atom. The quantitative estimate of drug-likeness (QED) is 0.695. The molecule has 2 heterocycles. The van der Waals surface area contributed by atoms with E-state index in [4.69, 9.17) is 10.5 Å². The van der Waals surface area contributed by atoms with Crippen LogP contribution in [0.1, 0.15) is 17.3 Å². The van der Waals surface area contributed by atoms with E-state index in [1.165, 1.54) is 24.7 Å². The normalized spacial score (nSPS) is 10.8. The van der Waals surface area contributed by atoms with Gasteiger partial charge in [-0.15, -0.1) is 0 Å². The van der Waals surface area contributed by atoms with E-state index in [2.05, 4.69) is 4.98 Å². The summed E-state index contributed by atoms with van der Waals surface area (Å²) in [7, 11) is 2.87. The molecule has 0 aliphatic heterocycles. The van der Waals surface area contributed by atoms with Crippen LogP contribution in [0.3, 0.4) is 0 Å². The van der Waals surface area contributed by atoms with Gasteiger partial charge in [-0.2, -0.15) is 0 Å². The lowest BCUT2D eigenvalue weighted by Gasteiger charge is -2.06. The highest BCUT2D eigenvalue weighted by Crippen LogP contribution is 2.12. The molecular weight excluding hydrogens is 264 g/mol. The molecule has 8 nitrogen and oxygen atoms in total. The van der Waals surface area contributed by atoms with Gasteiger partial charge >= 0.3 is 11.7 Å². The van der Waals surface area contributed by atoms with Crippen molar-refractivity contribution in [3.8, 4) is 0 Å². The van der Waals surface area contributed by atoms with Crippen LogP contribution in [0.4, 0.5) is 5.82 Å². The number of fused-ring (bicyclic) bond motifs is 1. The number of hydrogen-bond donors (Lipinski definition) is 1. The Morgan fingerprint density at radius 3 is 2.60 bits per heavy atom. The molecule has 2 aromatic heterocycles. The van der Waals surface area contributed by atoms with E-state index in [0.717, 1.165) is 4.57 Å². The van der Waals surface area contributed by atoms with Crippen LogP contribution < -0.4 is 22.0 Å². The Kier molecular flexibility index (Phi) is 3.31. The first-order valence-electron chi connectivity index (χ1n) is 5.97. The lowest BCUT2D eigenvalue weighted by atomic mass is 10.2. The average Bonchev–Trinajstić information content (AvgIpc) is 2.42. The summed E-state index contributed by atoms with van der Waals surface area (Å²) in [5, 5.41) is 0.187.